The summed E-state index contributed by atoms with van der Waals surface area (Å²) >= 11 is 0. The van der Waals surface area contributed by atoms with Gasteiger partial charge in [0, 0.05) is 12.0 Å². The van der Waals surface area contributed by atoms with Crippen molar-refractivity contribution in [2.75, 3.05) is 0 Å². The summed E-state index contributed by atoms with van der Waals surface area (Å²) in [5.74, 6) is -0.319. The number of hydrogen-bond donors (Lipinski definition) is 1. The molecular formula is C7H7NO3. The van der Waals surface area contributed by atoms with Gasteiger partial charge in [-0.1, -0.05) is 5.16 Å². The van der Waals surface area contributed by atoms with E-state index in [-0.39, 0.29) is 5.92 Å². The molecule has 0 fully saturated rings. The maximum atomic E-state index is 10.5. The summed E-state index contributed by atoms with van der Waals surface area (Å²) in [6, 6.07) is 0. The number of rotatable bonds is 1. The van der Waals surface area contributed by atoms with Gasteiger partial charge in [-0.05, 0) is 6.42 Å². The Kier molecular flexibility index (Phi) is 1.21. The van der Waals surface area contributed by atoms with Crippen LogP contribution < -0.4 is 0 Å². The first-order valence-electron chi connectivity index (χ1n) is 3.42. The Morgan fingerprint density at radius 2 is 2.55 bits per heavy atom. The van der Waals surface area contributed by atoms with Crippen LogP contribution in [0.15, 0.2) is 10.7 Å². The normalized spacial score (nSPS) is 21.6. The third-order valence-corrected chi connectivity index (χ3v) is 1.98. The molecule has 4 heteroatoms. The van der Waals surface area contributed by atoms with Crippen molar-refractivity contribution in [3.05, 3.63) is 17.5 Å². The fourth-order valence-corrected chi connectivity index (χ4v) is 1.36. The minimum absolute atomic E-state index is 0.299. The number of hydrogen-bond acceptors (Lipinski definition) is 3. The van der Waals surface area contributed by atoms with E-state index < -0.39 is 5.97 Å². The molecule has 1 unspecified atom stereocenters. The molecule has 0 saturated heterocycles. The third kappa shape index (κ3) is 0.906. The fraction of sp³-hybridized carbons (Fsp3) is 0.429. The van der Waals surface area contributed by atoms with Crippen LogP contribution in [0.3, 0.4) is 0 Å². The van der Waals surface area contributed by atoms with Crippen LogP contribution in [0.25, 0.3) is 0 Å². The number of carboxylic acids is 1. The van der Waals surface area contributed by atoms with E-state index in [0.717, 1.165) is 11.3 Å². The van der Waals surface area contributed by atoms with Crippen LogP contribution in [0.5, 0.6) is 0 Å². The zero-order valence-electron chi connectivity index (χ0n) is 5.78. The highest BCUT2D eigenvalue weighted by molar-refractivity contribution is 5.71. The average molecular weight is 153 g/mol. The highest BCUT2D eigenvalue weighted by atomic mass is 16.5. The van der Waals surface area contributed by atoms with Crippen molar-refractivity contribution in [1.29, 1.82) is 0 Å². The quantitative estimate of drug-likeness (QED) is 0.637. The van der Waals surface area contributed by atoms with Crippen molar-refractivity contribution in [3.63, 3.8) is 0 Å². The molecule has 4 nitrogen and oxygen atoms in total. The van der Waals surface area contributed by atoms with Crippen LogP contribution in [0.2, 0.25) is 0 Å². The lowest BCUT2D eigenvalue weighted by Gasteiger charge is -1.98. The molecule has 0 bridgehead atoms. The predicted molar refractivity (Wildman–Crippen MR) is 35.0 cm³/mol. The van der Waals surface area contributed by atoms with Gasteiger partial charge in [-0.2, -0.15) is 0 Å². The Hall–Kier alpha value is -1.32. The highest BCUT2D eigenvalue weighted by Gasteiger charge is 2.29. The molecule has 1 N–H and O–H groups in total. The third-order valence-electron chi connectivity index (χ3n) is 1.98. The Morgan fingerprint density at radius 3 is 3.18 bits per heavy atom. The van der Waals surface area contributed by atoms with E-state index in [1.807, 2.05) is 0 Å². The molecule has 1 atom stereocenters. The van der Waals surface area contributed by atoms with Gasteiger partial charge in [-0.15, -0.1) is 0 Å². The van der Waals surface area contributed by atoms with Gasteiger partial charge in [-0.25, -0.2) is 0 Å². The average Bonchev–Trinajstić information content (AvgIpc) is 2.40. The lowest BCUT2D eigenvalue weighted by Crippen LogP contribution is -2.13. The molecule has 2 rings (SSSR count). The summed E-state index contributed by atoms with van der Waals surface area (Å²) in [4.78, 5) is 10.5. The standard InChI is InChI=1S/C7H7NO3/c9-7(10)4-1-5-3-8-11-6(5)2-4/h3-4H,1-2H2,(H,9,10). The Balaban J connectivity index is 2.22. The molecule has 1 aromatic rings. The molecule has 1 aromatic heterocycles. The summed E-state index contributed by atoms with van der Waals surface area (Å²) in [7, 11) is 0. The molecule has 11 heavy (non-hydrogen) atoms. The molecule has 1 heterocycles. The molecule has 0 aromatic carbocycles. The van der Waals surface area contributed by atoms with E-state index in [4.69, 9.17) is 9.63 Å². The smallest absolute Gasteiger partial charge is 0.307 e. The van der Waals surface area contributed by atoms with Gasteiger partial charge < -0.3 is 9.63 Å². The highest BCUT2D eigenvalue weighted by Crippen LogP contribution is 2.25. The first-order chi connectivity index (χ1) is 5.27. The van der Waals surface area contributed by atoms with Gasteiger partial charge in [0.25, 0.3) is 0 Å². The zero-order valence-corrected chi connectivity index (χ0v) is 5.78. The lowest BCUT2D eigenvalue weighted by molar-refractivity contribution is -0.141. The van der Waals surface area contributed by atoms with Gasteiger partial charge in [-0.3, -0.25) is 4.79 Å². The van der Waals surface area contributed by atoms with Crippen LogP contribution in [-0.4, -0.2) is 16.2 Å². The second-order valence-electron chi connectivity index (χ2n) is 2.72. The molecule has 1 aliphatic rings. The van der Waals surface area contributed by atoms with Crippen LogP contribution >= 0.6 is 0 Å². The van der Waals surface area contributed by atoms with Crippen molar-refractivity contribution in [2.45, 2.75) is 12.8 Å². The molecule has 0 radical (unpaired) electrons. The van der Waals surface area contributed by atoms with Crippen LogP contribution in [0.4, 0.5) is 0 Å². The summed E-state index contributed by atoms with van der Waals surface area (Å²) in [5, 5.41) is 12.2. The van der Waals surface area contributed by atoms with Crippen molar-refractivity contribution in [2.24, 2.45) is 5.92 Å². The van der Waals surface area contributed by atoms with Gasteiger partial charge in [0.2, 0.25) is 0 Å². The van der Waals surface area contributed by atoms with E-state index in [2.05, 4.69) is 5.16 Å². The first-order valence-corrected chi connectivity index (χ1v) is 3.42. The Bertz CT molecular complexity index is 271. The topological polar surface area (TPSA) is 63.3 Å². The number of nitrogens with zero attached hydrogens (tertiary/aromatic N) is 1. The Morgan fingerprint density at radius 1 is 1.73 bits per heavy atom. The number of aromatic nitrogens is 1. The van der Waals surface area contributed by atoms with Gasteiger partial charge in [0.1, 0.15) is 5.76 Å². The molecule has 0 aliphatic heterocycles. The van der Waals surface area contributed by atoms with Crippen LogP contribution in [0.1, 0.15) is 11.3 Å². The second-order valence-corrected chi connectivity index (χ2v) is 2.72. The maximum absolute atomic E-state index is 10.5. The molecule has 0 saturated carbocycles. The van der Waals surface area contributed by atoms with Gasteiger partial charge in [0.15, 0.2) is 0 Å². The molecule has 1 aliphatic carbocycles. The van der Waals surface area contributed by atoms with Crippen molar-refractivity contribution < 1.29 is 14.4 Å². The van der Waals surface area contributed by atoms with Gasteiger partial charge in [0.05, 0.1) is 12.1 Å². The van der Waals surface area contributed by atoms with Crippen LogP contribution in [-0.2, 0) is 17.6 Å². The van der Waals surface area contributed by atoms with E-state index in [1.165, 1.54) is 0 Å². The lowest BCUT2D eigenvalue weighted by atomic mass is 10.1. The zero-order chi connectivity index (χ0) is 7.84. The monoisotopic (exact) mass is 153 g/mol. The predicted octanol–water partition coefficient (Wildman–Crippen LogP) is 0.474. The number of aliphatic carboxylic acids is 1. The van der Waals surface area contributed by atoms with Crippen molar-refractivity contribution >= 4 is 5.97 Å². The van der Waals surface area contributed by atoms with E-state index in [1.54, 1.807) is 6.20 Å². The van der Waals surface area contributed by atoms with Crippen LogP contribution in [0, 0.1) is 5.92 Å². The van der Waals surface area contributed by atoms with Gasteiger partial charge >= 0.3 is 5.97 Å². The summed E-state index contributed by atoms with van der Waals surface area (Å²) < 4.78 is 4.84. The van der Waals surface area contributed by atoms with Crippen molar-refractivity contribution in [1.82, 2.24) is 5.16 Å². The minimum Gasteiger partial charge on any atom is -0.481 e. The minimum atomic E-state index is -0.753. The van der Waals surface area contributed by atoms with E-state index in [0.29, 0.717) is 12.8 Å². The second kappa shape index (κ2) is 2.08. The summed E-state index contributed by atoms with van der Waals surface area (Å²) in [6.45, 7) is 0. The van der Waals surface area contributed by atoms with E-state index >= 15 is 0 Å². The molecule has 58 valence electrons. The van der Waals surface area contributed by atoms with E-state index in [9.17, 15) is 4.79 Å². The largest absolute Gasteiger partial charge is 0.481 e. The SMILES string of the molecule is O=C(O)C1Cc2cnoc2C1. The summed E-state index contributed by atoms with van der Waals surface area (Å²) in [5.41, 5.74) is 0.942. The molecule has 0 spiro atoms. The Labute approximate surface area is 62.8 Å². The maximum Gasteiger partial charge on any atom is 0.307 e. The summed E-state index contributed by atoms with van der Waals surface area (Å²) in [6.07, 6.45) is 2.65. The number of fused-ring (bicyclic) bond motifs is 1. The number of carboxylic acid groups (broad SMARTS) is 1. The van der Waals surface area contributed by atoms with Crippen molar-refractivity contribution in [3.8, 4) is 0 Å². The first kappa shape index (κ1) is 6.39. The fourth-order valence-electron chi connectivity index (χ4n) is 1.36. The molecular weight excluding hydrogens is 146 g/mol. The molecule has 0 amide bonds. The number of carbonyl (C=O) groups is 1.